The highest BCUT2D eigenvalue weighted by Gasteiger charge is 2.35. The number of nitrogens with one attached hydrogen (secondary N) is 1. The van der Waals surface area contributed by atoms with Crippen molar-refractivity contribution in [3.05, 3.63) is 53.7 Å². The van der Waals surface area contributed by atoms with Gasteiger partial charge in [-0.25, -0.2) is 0 Å². The molecule has 154 valence electrons. The van der Waals surface area contributed by atoms with E-state index in [0.717, 1.165) is 44.1 Å². The van der Waals surface area contributed by atoms with Gasteiger partial charge in [0.05, 0.1) is 19.3 Å². The van der Waals surface area contributed by atoms with Gasteiger partial charge < -0.3 is 19.9 Å². The molecule has 1 N–H and O–H groups in total. The van der Waals surface area contributed by atoms with Gasteiger partial charge in [-0.1, -0.05) is 36.4 Å². The molecule has 3 aliphatic heterocycles. The Hall–Kier alpha value is -2.86. The summed E-state index contributed by atoms with van der Waals surface area (Å²) in [5, 5.41) is 6.29. The molecule has 0 spiro atoms. The normalized spacial score (nSPS) is 23.0. The number of fused-ring (bicyclic) bond motifs is 4. The minimum atomic E-state index is 0.481. The second-order valence-electron chi connectivity index (χ2n) is 8.67. The van der Waals surface area contributed by atoms with E-state index >= 15 is 0 Å². The Labute approximate surface area is 176 Å². The van der Waals surface area contributed by atoms with E-state index in [1.807, 2.05) is 0 Å². The Kier molecular flexibility index (Phi) is 4.27. The second-order valence-corrected chi connectivity index (χ2v) is 8.67. The molecule has 2 atom stereocenters. The van der Waals surface area contributed by atoms with E-state index in [0.29, 0.717) is 18.1 Å². The van der Waals surface area contributed by atoms with Crippen LogP contribution in [0.1, 0.15) is 24.1 Å². The van der Waals surface area contributed by atoms with E-state index < -0.39 is 0 Å². The maximum absolute atomic E-state index is 5.51. The molecule has 2 fully saturated rings. The van der Waals surface area contributed by atoms with E-state index in [2.05, 4.69) is 57.6 Å². The first-order valence-corrected chi connectivity index (χ1v) is 11.0. The third kappa shape index (κ3) is 2.98. The van der Waals surface area contributed by atoms with Crippen LogP contribution in [0, 0.1) is 0 Å². The molecule has 6 heteroatoms. The summed E-state index contributed by atoms with van der Waals surface area (Å²) in [6.07, 6.45) is 3.48. The summed E-state index contributed by atoms with van der Waals surface area (Å²) < 4.78 is 5.51. The zero-order valence-electron chi connectivity index (χ0n) is 17.3. The number of methoxy groups -OCH3 is 1. The summed E-state index contributed by atoms with van der Waals surface area (Å²) >= 11 is 0. The number of anilines is 2. The highest BCUT2D eigenvalue weighted by molar-refractivity contribution is 5.94. The summed E-state index contributed by atoms with van der Waals surface area (Å²) in [6, 6.07) is 16.8. The minimum absolute atomic E-state index is 0.481. The first-order valence-electron chi connectivity index (χ1n) is 11.0. The molecule has 6 rings (SSSR count). The number of hydrogen-bond donors (Lipinski definition) is 1. The molecule has 0 radical (unpaired) electrons. The average Bonchev–Trinajstić information content (AvgIpc) is 3.14. The first kappa shape index (κ1) is 18.0. The highest BCUT2D eigenvalue weighted by Crippen LogP contribution is 2.35. The van der Waals surface area contributed by atoms with Gasteiger partial charge in [0, 0.05) is 48.4 Å². The molecule has 0 amide bonds. The molecule has 2 saturated heterocycles. The van der Waals surface area contributed by atoms with Gasteiger partial charge in [0.25, 0.3) is 0 Å². The maximum atomic E-state index is 5.51. The van der Waals surface area contributed by atoms with Crippen LogP contribution in [0.3, 0.4) is 0 Å². The van der Waals surface area contributed by atoms with Gasteiger partial charge >= 0.3 is 6.01 Å². The SMILES string of the molecule is COc1nc2c(c(N3CC4CCC(C3)N4)n1)CCN(c1cccc3ccccc13)C2. The van der Waals surface area contributed by atoms with E-state index in [4.69, 9.17) is 14.7 Å². The van der Waals surface area contributed by atoms with Crippen molar-refractivity contribution in [3.8, 4) is 6.01 Å². The molecule has 2 unspecified atom stereocenters. The zero-order chi connectivity index (χ0) is 20.1. The Morgan fingerprint density at radius 3 is 2.60 bits per heavy atom. The molecule has 4 heterocycles. The molecular weight excluding hydrogens is 374 g/mol. The van der Waals surface area contributed by atoms with E-state index in [-0.39, 0.29) is 0 Å². The smallest absolute Gasteiger partial charge is 0.318 e. The van der Waals surface area contributed by atoms with Crippen LogP contribution in [0.2, 0.25) is 0 Å². The molecule has 2 aromatic carbocycles. The predicted molar refractivity (Wildman–Crippen MR) is 119 cm³/mol. The van der Waals surface area contributed by atoms with Gasteiger partial charge in [-0.3, -0.25) is 0 Å². The number of nitrogens with zero attached hydrogens (tertiary/aromatic N) is 4. The van der Waals surface area contributed by atoms with Crippen LogP contribution in [0.15, 0.2) is 42.5 Å². The van der Waals surface area contributed by atoms with Crippen LogP contribution in [0.4, 0.5) is 11.5 Å². The molecule has 30 heavy (non-hydrogen) atoms. The largest absolute Gasteiger partial charge is 0.467 e. The van der Waals surface area contributed by atoms with Crippen molar-refractivity contribution in [1.82, 2.24) is 15.3 Å². The first-order chi connectivity index (χ1) is 14.8. The monoisotopic (exact) mass is 401 g/mol. The Bertz CT molecular complexity index is 1080. The topological polar surface area (TPSA) is 53.5 Å². The van der Waals surface area contributed by atoms with Crippen LogP contribution < -0.4 is 19.9 Å². The van der Waals surface area contributed by atoms with E-state index in [9.17, 15) is 0 Å². The van der Waals surface area contributed by atoms with Crippen molar-refractivity contribution in [1.29, 1.82) is 0 Å². The number of ether oxygens (including phenoxy) is 1. The molecular formula is C24H27N5O. The summed E-state index contributed by atoms with van der Waals surface area (Å²) in [6.45, 7) is 3.81. The van der Waals surface area contributed by atoms with Gasteiger partial charge in [0.1, 0.15) is 5.82 Å². The van der Waals surface area contributed by atoms with Gasteiger partial charge in [-0.15, -0.1) is 0 Å². The fraction of sp³-hybridized carbons (Fsp3) is 0.417. The van der Waals surface area contributed by atoms with Crippen molar-refractivity contribution >= 4 is 22.3 Å². The Balaban J connectivity index is 1.37. The molecule has 2 bridgehead atoms. The van der Waals surface area contributed by atoms with Crippen molar-refractivity contribution in [2.24, 2.45) is 0 Å². The number of rotatable bonds is 3. The van der Waals surface area contributed by atoms with Crippen molar-refractivity contribution in [2.45, 2.75) is 37.9 Å². The van der Waals surface area contributed by atoms with Gasteiger partial charge in [-0.05, 0) is 30.7 Å². The molecule has 3 aliphatic rings. The number of aromatic nitrogens is 2. The standard InChI is InChI=1S/C24H27N5O/c1-30-24-26-21-15-28(22-8-4-6-16-5-2-3-7-19(16)22)12-11-20(21)23(27-24)29-13-17-9-10-18(14-29)25-17/h2-8,17-18,25H,9-15H2,1H3. The van der Waals surface area contributed by atoms with Gasteiger partial charge in [0.15, 0.2) is 0 Å². The third-order valence-electron chi connectivity index (χ3n) is 6.83. The lowest BCUT2D eigenvalue weighted by molar-refractivity contribution is 0.374. The van der Waals surface area contributed by atoms with Gasteiger partial charge in [0.2, 0.25) is 0 Å². The molecule has 0 saturated carbocycles. The molecule has 0 aliphatic carbocycles. The van der Waals surface area contributed by atoms with E-state index in [1.54, 1.807) is 7.11 Å². The minimum Gasteiger partial charge on any atom is -0.467 e. The number of benzene rings is 2. The van der Waals surface area contributed by atoms with Crippen LogP contribution in [0.25, 0.3) is 10.8 Å². The van der Waals surface area contributed by atoms with Crippen LogP contribution in [0.5, 0.6) is 6.01 Å². The van der Waals surface area contributed by atoms with Crippen LogP contribution in [-0.4, -0.2) is 48.8 Å². The summed E-state index contributed by atoms with van der Waals surface area (Å²) in [5.41, 5.74) is 3.67. The fourth-order valence-corrected chi connectivity index (χ4v) is 5.40. The fourth-order valence-electron chi connectivity index (χ4n) is 5.40. The summed E-state index contributed by atoms with van der Waals surface area (Å²) in [5.74, 6) is 1.09. The zero-order valence-corrected chi connectivity index (χ0v) is 17.3. The van der Waals surface area contributed by atoms with Crippen molar-refractivity contribution in [3.63, 3.8) is 0 Å². The number of hydrogen-bond acceptors (Lipinski definition) is 6. The van der Waals surface area contributed by atoms with Gasteiger partial charge in [-0.2, -0.15) is 9.97 Å². The quantitative estimate of drug-likeness (QED) is 0.728. The highest BCUT2D eigenvalue weighted by atomic mass is 16.5. The average molecular weight is 402 g/mol. The lowest BCUT2D eigenvalue weighted by Crippen LogP contribution is -2.52. The van der Waals surface area contributed by atoms with Crippen molar-refractivity contribution in [2.75, 3.05) is 36.5 Å². The third-order valence-corrected chi connectivity index (χ3v) is 6.83. The Morgan fingerprint density at radius 1 is 0.967 bits per heavy atom. The predicted octanol–water partition coefficient (Wildman–Crippen LogP) is 3.14. The van der Waals surface area contributed by atoms with Crippen LogP contribution >= 0.6 is 0 Å². The lowest BCUT2D eigenvalue weighted by Gasteiger charge is -2.37. The summed E-state index contributed by atoms with van der Waals surface area (Å²) in [7, 11) is 1.66. The maximum Gasteiger partial charge on any atom is 0.318 e. The Morgan fingerprint density at radius 2 is 1.77 bits per heavy atom. The number of piperazine rings is 1. The molecule has 6 nitrogen and oxygen atoms in total. The van der Waals surface area contributed by atoms with Crippen molar-refractivity contribution < 1.29 is 4.74 Å². The summed E-state index contributed by atoms with van der Waals surface area (Å²) in [4.78, 5) is 14.5. The van der Waals surface area contributed by atoms with Crippen LogP contribution in [-0.2, 0) is 13.0 Å². The molecule has 1 aromatic heterocycles. The lowest BCUT2D eigenvalue weighted by atomic mass is 10.0. The van der Waals surface area contributed by atoms with E-state index in [1.165, 1.54) is 34.9 Å². The molecule has 3 aromatic rings. The second kappa shape index (κ2) is 7.13.